The third-order valence-electron chi connectivity index (χ3n) is 5.51. The molecular weight excluding hydrogens is 452 g/mol. The van der Waals surface area contributed by atoms with Crippen molar-refractivity contribution in [3.63, 3.8) is 0 Å². The lowest BCUT2D eigenvalue weighted by molar-refractivity contribution is -0.119. The van der Waals surface area contributed by atoms with Gasteiger partial charge in [0, 0.05) is 22.6 Å². The van der Waals surface area contributed by atoms with Gasteiger partial charge in [0.15, 0.2) is 0 Å². The van der Waals surface area contributed by atoms with Crippen molar-refractivity contribution in [2.45, 2.75) is 27.7 Å². The lowest BCUT2D eigenvalue weighted by Crippen LogP contribution is -2.39. The Bertz CT molecular complexity index is 1340. The molecule has 34 heavy (non-hydrogen) atoms. The molecule has 3 rings (SSSR count). The summed E-state index contributed by atoms with van der Waals surface area (Å²) in [6.45, 7) is 7.45. The van der Waals surface area contributed by atoms with Gasteiger partial charge in [0.2, 0.25) is 10.0 Å². The molecule has 2 aromatic carbocycles. The molecule has 0 saturated carbocycles. The highest BCUT2D eigenvalue weighted by atomic mass is 32.2. The molecule has 0 aliphatic heterocycles. The Labute approximate surface area is 200 Å². The first-order chi connectivity index (χ1) is 16.0. The Kier molecular flexibility index (Phi) is 7.46. The summed E-state index contributed by atoms with van der Waals surface area (Å²) in [5.41, 5.74) is 8.66. The molecule has 0 unspecified atom stereocenters. The van der Waals surface area contributed by atoms with E-state index in [0.717, 1.165) is 44.3 Å². The highest BCUT2D eigenvalue weighted by Crippen LogP contribution is 2.30. The number of aromatic nitrogens is 1. The summed E-state index contributed by atoms with van der Waals surface area (Å²) in [7, 11) is -2.30. The Morgan fingerprint density at radius 2 is 1.82 bits per heavy atom. The van der Waals surface area contributed by atoms with E-state index in [1.807, 2.05) is 39.0 Å². The van der Waals surface area contributed by atoms with Crippen LogP contribution in [0.5, 0.6) is 5.75 Å². The average Bonchev–Trinajstić information content (AvgIpc) is 3.04. The smallest absolute Gasteiger partial charge is 0.260 e. The maximum absolute atomic E-state index is 12.6. The lowest BCUT2D eigenvalue weighted by atomic mass is 10.2. The third kappa shape index (κ3) is 5.48. The van der Waals surface area contributed by atoms with Crippen LogP contribution >= 0.6 is 0 Å². The number of carbonyl (C=O) groups excluding carboxylic acids is 1. The van der Waals surface area contributed by atoms with Crippen LogP contribution in [0.15, 0.2) is 53.6 Å². The van der Waals surface area contributed by atoms with E-state index in [1.165, 1.54) is 7.11 Å². The van der Waals surface area contributed by atoms with Crippen molar-refractivity contribution in [2.24, 2.45) is 5.10 Å². The van der Waals surface area contributed by atoms with E-state index >= 15 is 0 Å². The number of sulfonamides is 1. The molecule has 1 amide bonds. The third-order valence-corrected chi connectivity index (χ3v) is 6.64. The van der Waals surface area contributed by atoms with E-state index in [4.69, 9.17) is 4.74 Å². The molecule has 0 saturated heterocycles. The van der Waals surface area contributed by atoms with Gasteiger partial charge in [-0.15, -0.1) is 0 Å². The number of nitrogens with zero attached hydrogens (tertiary/aromatic N) is 3. The van der Waals surface area contributed by atoms with Crippen LogP contribution in [0.1, 0.15) is 28.1 Å². The summed E-state index contributed by atoms with van der Waals surface area (Å²) in [4.78, 5) is 12.6. The number of amides is 1. The summed E-state index contributed by atoms with van der Waals surface area (Å²) in [5, 5.41) is 4.07. The number of hydrogen-bond donors (Lipinski definition) is 1. The second-order valence-corrected chi connectivity index (χ2v) is 10.1. The fourth-order valence-electron chi connectivity index (χ4n) is 3.82. The zero-order valence-electron chi connectivity index (χ0n) is 20.3. The molecule has 0 aliphatic rings. The minimum atomic E-state index is -3.75. The Morgan fingerprint density at radius 3 is 2.47 bits per heavy atom. The predicted octanol–water partition coefficient (Wildman–Crippen LogP) is 3.64. The fraction of sp³-hybridized carbons (Fsp3) is 0.280. The van der Waals surface area contributed by atoms with Crippen LogP contribution in [0, 0.1) is 27.7 Å². The summed E-state index contributed by atoms with van der Waals surface area (Å²) in [6.07, 6.45) is 2.61. The van der Waals surface area contributed by atoms with E-state index in [1.54, 1.807) is 24.4 Å². The van der Waals surface area contributed by atoms with Crippen molar-refractivity contribution in [2.75, 3.05) is 24.2 Å². The molecule has 1 N–H and O–H groups in total. The van der Waals surface area contributed by atoms with Gasteiger partial charge in [-0.25, -0.2) is 13.8 Å². The van der Waals surface area contributed by atoms with Crippen molar-refractivity contribution in [1.82, 2.24) is 9.99 Å². The van der Waals surface area contributed by atoms with Crippen LogP contribution in [-0.4, -0.2) is 45.0 Å². The number of benzene rings is 2. The van der Waals surface area contributed by atoms with Gasteiger partial charge < -0.3 is 9.30 Å². The largest absolute Gasteiger partial charge is 0.495 e. The first-order valence-electron chi connectivity index (χ1n) is 10.7. The molecule has 0 atom stereocenters. The molecule has 8 nitrogen and oxygen atoms in total. The zero-order chi connectivity index (χ0) is 25.0. The van der Waals surface area contributed by atoms with Gasteiger partial charge in [-0.1, -0.05) is 24.3 Å². The van der Waals surface area contributed by atoms with Crippen molar-refractivity contribution in [3.05, 3.63) is 76.6 Å². The molecule has 3 aromatic rings. The minimum absolute atomic E-state index is 0.297. The maximum atomic E-state index is 12.6. The summed E-state index contributed by atoms with van der Waals surface area (Å²) in [6, 6.07) is 15.2. The summed E-state index contributed by atoms with van der Waals surface area (Å²) >= 11 is 0. The van der Waals surface area contributed by atoms with Gasteiger partial charge in [-0.2, -0.15) is 5.10 Å². The number of anilines is 1. The first kappa shape index (κ1) is 25.0. The van der Waals surface area contributed by atoms with Crippen LogP contribution in [0.3, 0.4) is 0 Å². The lowest BCUT2D eigenvalue weighted by Gasteiger charge is -2.23. The van der Waals surface area contributed by atoms with Crippen LogP contribution in [0.4, 0.5) is 5.69 Å². The topological polar surface area (TPSA) is 93.0 Å². The number of carbonyl (C=O) groups is 1. The fourth-order valence-corrected chi connectivity index (χ4v) is 4.67. The number of para-hydroxylation sites is 1. The van der Waals surface area contributed by atoms with Crippen LogP contribution in [-0.2, 0) is 14.8 Å². The van der Waals surface area contributed by atoms with Gasteiger partial charge in [0.1, 0.15) is 12.3 Å². The Morgan fingerprint density at radius 1 is 1.12 bits per heavy atom. The number of aryl methyl sites for hydroxylation is 3. The van der Waals surface area contributed by atoms with Gasteiger partial charge in [-0.3, -0.25) is 9.10 Å². The van der Waals surface area contributed by atoms with Gasteiger partial charge >= 0.3 is 0 Å². The highest BCUT2D eigenvalue weighted by Gasteiger charge is 2.24. The molecule has 1 heterocycles. The molecule has 0 fully saturated rings. The van der Waals surface area contributed by atoms with Crippen molar-refractivity contribution >= 4 is 27.8 Å². The van der Waals surface area contributed by atoms with Crippen LogP contribution < -0.4 is 14.5 Å². The molecule has 9 heteroatoms. The van der Waals surface area contributed by atoms with Gasteiger partial charge in [0.05, 0.1) is 25.3 Å². The summed E-state index contributed by atoms with van der Waals surface area (Å²) in [5.74, 6) is -0.214. The number of methoxy groups -OCH3 is 1. The predicted molar refractivity (Wildman–Crippen MR) is 136 cm³/mol. The summed E-state index contributed by atoms with van der Waals surface area (Å²) < 4.78 is 33.3. The van der Waals surface area contributed by atoms with Crippen LogP contribution in [0.2, 0.25) is 0 Å². The number of rotatable bonds is 8. The van der Waals surface area contributed by atoms with E-state index in [0.29, 0.717) is 11.4 Å². The zero-order valence-corrected chi connectivity index (χ0v) is 21.1. The van der Waals surface area contributed by atoms with E-state index < -0.39 is 22.5 Å². The van der Waals surface area contributed by atoms with E-state index in [2.05, 4.69) is 34.2 Å². The SMILES string of the molecule is COc1ccc(C)cc1N(CC(=O)N/N=C/c1cc(C)n(-c2ccccc2C)c1C)S(C)(=O)=O. The molecule has 1 aromatic heterocycles. The number of ether oxygens (including phenoxy) is 1. The normalized spacial score (nSPS) is 11.6. The van der Waals surface area contributed by atoms with E-state index in [9.17, 15) is 13.2 Å². The Hall–Kier alpha value is -3.59. The number of hydrogen-bond acceptors (Lipinski definition) is 5. The molecule has 0 spiro atoms. The molecule has 180 valence electrons. The van der Waals surface area contributed by atoms with E-state index in [-0.39, 0.29) is 0 Å². The van der Waals surface area contributed by atoms with Gasteiger partial charge in [-0.05, 0) is 63.1 Å². The second kappa shape index (κ2) is 10.1. The van der Waals surface area contributed by atoms with Crippen LogP contribution in [0.25, 0.3) is 5.69 Å². The molecule has 0 aliphatic carbocycles. The van der Waals surface area contributed by atoms with Crippen molar-refractivity contribution < 1.29 is 17.9 Å². The van der Waals surface area contributed by atoms with Gasteiger partial charge in [0.25, 0.3) is 5.91 Å². The number of nitrogens with one attached hydrogen (secondary N) is 1. The molecule has 0 bridgehead atoms. The minimum Gasteiger partial charge on any atom is -0.495 e. The quantitative estimate of drug-likeness (QED) is 0.392. The van der Waals surface area contributed by atoms with Crippen molar-refractivity contribution in [1.29, 1.82) is 0 Å². The molecular formula is C25H30N4O4S. The number of hydrazone groups is 1. The highest BCUT2D eigenvalue weighted by molar-refractivity contribution is 7.92. The monoisotopic (exact) mass is 482 g/mol. The van der Waals surface area contributed by atoms with Crippen molar-refractivity contribution in [3.8, 4) is 11.4 Å². The average molecular weight is 483 g/mol. The molecule has 0 radical (unpaired) electrons. The Balaban J connectivity index is 1.79. The standard InChI is InChI=1S/C25H30N4O4S/c1-17-11-12-24(33-5)23(13-17)28(34(6,31)32)16-25(30)27-26-15-21-14-19(3)29(20(21)4)22-10-8-7-9-18(22)2/h7-15H,16H2,1-6H3,(H,27,30)/b26-15+. The second-order valence-electron chi connectivity index (χ2n) is 8.19. The maximum Gasteiger partial charge on any atom is 0.260 e. The first-order valence-corrected chi connectivity index (χ1v) is 12.6.